The van der Waals surface area contributed by atoms with Gasteiger partial charge in [0.1, 0.15) is 22.2 Å². The predicted molar refractivity (Wildman–Crippen MR) is 113 cm³/mol. The summed E-state index contributed by atoms with van der Waals surface area (Å²) >= 11 is 0. The van der Waals surface area contributed by atoms with E-state index in [0.717, 1.165) is 15.4 Å². The lowest BCUT2D eigenvalue weighted by Gasteiger charge is -2.40. The summed E-state index contributed by atoms with van der Waals surface area (Å²) in [6.45, 7) is 3.92. The van der Waals surface area contributed by atoms with E-state index in [9.17, 15) is 13.2 Å². The molecule has 2 N–H and O–H groups in total. The maximum absolute atomic E-state index is 13.0. The number of nitrogens with two attached hydrogens (primary N) is 1. The molecule has 0 saturated heterocycles. The van der Waals surface area contributed by atoms with Gasteiger partial charge in [-0.15, -0.1) is 0 Å². The number of ketones is 1. The first-order valence-corrected chi connectivity index (χ1v) is 11.2. The van der Waals surface area contributed by atoms with Gasteiger partial charge in [-0.3, -0.25) is 9.78 Å². The van der Waals surface area contributed by atoms with Gasteiger partial charge in [-0.05, 0) is 43.2 Å². The average Bonchev–Trinajstić information content (AvgIpc) is 2.84. The maximum atomic E-state index is 13.0. The van der Waals surface area contributed by atoms with E-state index in [4.69, 9.17) is 10.5 Å². The molecule has 1 aromatic heterocycles. The molecule has 158 valence electrons. The Morgan fingerprint density at radius 1 is 1.33 bits per heavy atom. The van der Waals surface area contributed by atoms with Gasteiger partial charge in [0, 0.05) is 31.6 Å². The number of aryl methyl sites for hydroxylation is 1. The van der Waals surface area contributed by atoms with E-state index in [-0.39, 0.29) is 31.2 Å². The maximum Gasteiger partial charge on any atom is 0.242 e. The van der Waals surface area contributed by atoms with E-state index in [1.807, 2.05) is 19.1 Å². The van der Waals surface area contributed by atoms with Gasteiger partial charge < -0.3 is 10.5 Å². The lowest BCUT2D eigenvalue weighted by atomic mass is 9.85. The third-order valence-corrected chi connectivity index (χ3v) is 8.19. The van der Waals surface area contributed by atoms with E-state index in [1.54, 1.807) is 31.3 Å². The molecule has 0 unspecified atom stereocenters. The summed E-state index contributed by atoms with van der Waals surface area (Å²) in [4.78, 5) is 21.4. The predicted octanol–water partition coefficient (Wildman–Crippen LogP) is 1.77. The number of carbonyl (C=O) groups excluding carboxylic acids is 1. The Kier molecular flexibility index (Phi) is 4.80. The number of ether oxygens (including phenoxy) is 1. The van der Waals surface area contributed by atoms with E-state index in [2.05, 4.69) is 9.98 Å². The van der Waals surface area contributed by atoms with Crippen LogP contribution in [0.5, 0.6) is 5.75 Å². The third-order valence-electron chi connectivity index (χ3n) is 5.83. The van der Waals surface area contributed by atoms with Crippen molar-refractivity contribution in [3.63, 3.8) is 0 Å². The molecule has 0 spiro atoms. The molecule has 0 bridgehead atoms. The van der Waals surface area contributed by atoms with Crippen LogP contribution in [0.2, 0.25) is 0 Å². The van der Waals surface area contributed by atoms with Crippen LogP contribution in [-0.4, -0.2) is 48.4 Å². The van der Waals surface area contributed by atoms with E-state index < -0.39 is 20.8 Å². The molecule has 0 amide bonds. The largest absolute Gasteiger partial charge is 0.493 e. The number of aliphatic imine (C=N–C) groups is 1. The molecule has 2 aromatic rings. The Bertz CT molecular complexity index is 1140. The van der Waals surface area contributed by atoms with Crippen LogP contribution in [0.25, 0.3) is 0 Å². The number of hydrogen-bond donors (Lipinski definition) is 1. The van der Waals surface area contributed by atoms with E-state index >= 15 is 0 Å². The second-order valence-corrected chi connectivity index (χ2v) is 10.1. The van der Waals surface area contributed by atoms with Crippen LogP contribution in [-0.2, 0) is 22.0 Å². The number of carbonyl (C=O) groups is 1. The first-order chi connectivity index (χ1) is 14.1. The Balaban J connectivity index is 1.76. The monoisotopic (exact) mass is 428 g/mol. The summed E-state index contributed by atoms with van der Waals surface area (Å²) in [6, 6.07) is 8.93. The molecule has 4 rings (SSSR count). The highest BCUT2D eigenvalue weighted by atomic mass is 32.2. The van der Waals surface area contributed by atoms with Crippen LogP contribution in [0.15, 0.2) is 41.5 Å². The molecule has 2 aliphatic heterocycles. The minimum absolute atomic E-state index is 0.0630. The van der Waals surface area contributed by atoms with E-state index in [1.165, 1.54) is 7.05 Å². The molecule has 0 saturated carbocycles. The first-order valence-electron chi connectivity index (χ1n) is 9.68. The van der Waals surface area contributed by atoms with Crippen LogP contribution in [0.3, 0.4) is 0 Å². The van der Waals surface area contributed by atoms with Gasteiger partial charge in [0.05, 0.1) is 6.61 Å². The van der Waals surface area contributed by atoms with Crippen molar-refractivity contribution < 1.29 is 17.9 Å². The molecule has 30 heavy (non-hydrogen) atoms. The minimum atomic E-state index is -3.70. The third kappa shape index (κ3) is 3.23. The van der Waals surface area contributed by atoms with Crippen molar-refractivity contribution in [2.75, 3.05) is 13.7 Å². The molecular weight excluding hydrogens is 404 g/mol. The van der Waals surface area contributed by atoms with Crippen LogP contribution in [0.1, 0.15) is 40.5 Å². The van der Waals surface area contributed by atoms with Crippen molar-refractivity contribution in [1.82, 2.24) is 9.29 Å². The molecule has 0 aliphatic carbocycles. The Hall–Kier alpha value is -2.94. The normalized spacial score (nSPS) is 24.7. The van der Waals surface area contributed by atoms with Crippen molar-refractivity contribution >= 4 is 21.8 Å². The van der Waals surface area contributed by atoms with Gasteiger partial charge in [-0.2, -0.15) is 0 Å². The number of sulfonamides is 1. The summed E-state index contributed by atoms with van der Waals surface area (Å²) in [6.07, 6.45) is 2.08. The lowest BCUT2D eigenvalue weighted by Crippen LogP contribution is -2.56. The van der Waals surface area contributed by atoms with Crippen LogP contribution in [0.4, 0.5) is 0 Å². The van der Waals surface area contributed by atoms with Crippen molar-refractivity contribution in [3.05, 3.63) is 58.9 Å². The fourth-order valence-corrected chi connectivity index (χ4v) is 5.89. The highest BCUT2D eigenvalue weighted by Crippen LogP contribution is 2.45. The standard InChI is InChI=1S/C21H24N4O4S/c1-13-4-6-16(23-12-13)17(26)11-14-5-7-18-15(10-14)21(2)19(8-9-29-18)30(27,28)25(3)20(22)24-21/h4-7,10,12,19H,8-9,11H2,1-3H3,(H2,22,24)/t19-,21+/m0/s1. The molecule has 8 nitrogen and oxygen atoms in total. The van der Waals surface area contributed by atoms with Gasteiger partial charge in [-0.25, -0.2) is 17.7 Å². The summed E-state index contributed by atoms with van der Waals surface area (Å²) in [5, 5.41) is -0.812. The number of Topliss-reactive ketones (excluding diaryl/α,β-unsaturated/α-hetero) is 1. The highest BCUT2D eigenvalue weighted by Gasteiger charge is 2.52. The highest BCUT2D eigenvalue weighted by molar-refractivity contribution is 7.90. The fourth-order valence-electron chi connectivity index (χ4n) is 4.05. The molecule has 0 fully saturated rings. The zero-order valence-electron chi connectivity index (χ0n) is 17.1. The number of benzene rings is 1. The second-order valence-electron chi connectivity index (χ2n) is 7.91. The summed E-state index contributed by atoms with van der Waals surface area (Å²) in [7, 11) is -2.29. The second kappa shape index (κ2) is 7.09. The van der Waals surface area contributed by atoms with Gasteiger partial charge in [-0.1, -0.05) is 12.1 Å². The number of nitrogens with zero attached hydrogens (tertiary/aromatic N) is 3. The minimum Gasteiger partial charge on any atom is -0.493 e. The molecule has 0 radical (unpaired) electrons. The van der Waals surface area contributed by atoms with Gasteiger partial charge in [0.2, 0.25) is 16.0 Å². The Morgan fingerprint density at radius 2 is 2.10 bits per heavy atom. The van der Waals surface area contributed by atoms with Gasteiger partial charge >= 0.3 is 0 Å². The molecule has 3 heterocycles. The SMILES string of the molecule is Cc1ccc(C(=O)Cc2ccc3c(c2)[C@@]2(C)N=C(N)N(C)S(=O)(=O)[C@H]2CCO3)nc1. The van der Waals surface area contributed by atoms with Crippen molar-refractivity contribution in [2.45, 2.75) is 37.5 Å². The van der Waals surface area contributed by atoms with E-state index in [0.29, 0.717) is 17.0 Å². The topological polar surface area (TPSA) is 115 Å². The van der Waals surface area contributed by atoms with Crippen LogP contribution in [0, 0.1) is 6.92 Å². The summed E-state index contributed by atoms with van der Waals surface area (Å²) in [5.41, 5.74) is 7.56. The van der Waals surface area contributed by atoms with Crippen molar-refractivity contribution in [3.8, 4) is 5.75 Å². The summed E-state index contributed by atoms with van der Waals surface area (Å²) < 4.78 is 33.0. The van der Waals surface area contributed by atoms with Crippen molar-refractivity contribution in [1.29, 1.82) is 0 Å². The van der Waals surface area contributed by atoms with Crippen molar-refractivity contribution in [2.24, 2.45) is 10.7 Å². The molecule has 2 aliphatic rings. The van der Waals surface area contributed by atoms with Gasteiger partial charge in [0.25, 0.3) is 0 Å². The smallest absolute Gasteiger partial charge is 0.242 e. The first kappa shape index (κ1) is 20.3. The van der Waals surface area contributed by atoms with Crippen LogP contribution < -0.4 is 10.5 Å². The lowest BCUT2D eigenvalue weighted by molar-refractivity contribution is 0.0988. The fraction of sp³-hybridized carbons (Fsp3) is 0.381. The Labute approximate surface area is 175 Å². The molecule has 2 atom stereocenters. The number of pyridine rings is 1. The summed E-state index contributed by atoms with van der Waals surface area (Å²) in [5.74, 6) is 0.373. The number of guanidine groups is 1. The zero-order valence-corrected chi connectivity index (χ0v) is 17.9. The Morgan fingerprint density at radius 3 is 2.80 bits per heavy atom. The number of aromatic nitrogens is 1. The number of fused-ring (bicyclic) bond motifs is 3. The van der Waals surface area contributed by atoms with Crippen LogP contribution >= 0.6 is 0 Å². The molecule has 1 aromatic carbocycles. The van der Waals surface area contributed by atoms with Gasteiger partial charge in [0.15, 0.2) is 5.78 Å². The zero-order chi connectivity index (χ0) is 21.7. The molecular formula is C21H24N4O4S. The number of rotatable bonds is 3. The quantitative estimate of drug-likeness (QED) is 0.745. The molecule has 9 heteroatoms. The number of hydrogen-bond acceptors (Lipinski definition) is 7. The average molecular weight is 429 g/mol.